The lowest BCUT2D eigenvalue weighted by Crippen LogP contribution is -2.45. The van der Waals surface area contributed by atoms with Crippen molar-refractivity contribution < 1.29 is 4.39 Å². The molecule has 2 fully saturated rings. The molecule has 3 atom stereocenters. The summed E-state index contributed by atoms with van der Waals surface area (Å²) in [7, 11) is 0. The fraction of sp³-hybridized carbons (Fsp3) is 0.625. The minimum absolute atomic E-state index is 0.184. The van der Waals surface area contributed by atoms with Gasteiger partial charge < -0.3 is 5.32 Å². The maximum atomic E-state index is 13.4. The van der Waals surface area contributed by atoms with E-state index in [1.54, 1.807) is 12.1 Å². The first-order valence-corrected chi connectivity index (χ1v) is 7.84. The van der Waals surface area contributed by atoms with Crippen molar-refractivity contribution in [2.24, 2.45) is 16.7 Å². The predicted molar refractivity (Wildman–Crippen MR) is 80.7 cm³/mol. The molecule has 104 valence electrons. The molecule has 2 bridgehead atoms. The van der Waals surface area contributed by atoms with Crippen LogP contribution in [0.3, 0.4) is 0 Å². The maximum Gasteiger partial charge on any atom is 0.125 e. The summed E-state index contributed by atoms with van der Waals surface area (Å²) in [6.07, 6.45) is 3.92. The lowest BCUT2D eigenvalue weighted by Gasteiger charge is -2.43. The third kappa shape index (κ3) is 2.01. The molecule has 0 aromatic heterocycles. The summed E-state index contributed by atoms with van der Waals surface area (Å²) in [4.78, 5) is 0. The number of benzene rings is 1. The number of hydrogen-bond acceptors (Lipinski definition) is 1. The lowest BCUT2D eigenvalue weighted by molar-refractivity contribution is 0.155. The highest BCUT2D eigenvalue weighted by molar-refractivity contribution is 9.10. The number of anilines is 1. The summed E-state index contributed by atoms with van der Waals surface area (Å²) in [6, 6.07) is 5.27. The van der Waals surface area contributed by atoms with Crippen LogP contribution in [0, 0.1) is 22.6 Å². The smallest absolute Gasteiger partial charge is 0.125 e. The molecule has 3 unspecified atom stereocenters. The Kier molecular flexibility index (Phi) is 2.97. The molecule has 2 aliphatic rings. The third-order valence-corrected chi connectivity index (χ3v) is 6.19. The molecule has 0 amide bonds. The number of nitrogens with one attached hydrogen (secondary N) is 1. The zero-order valence-corrected chi connectivity index (χ0v) is 13.3. The van der Waals surface area contributed by atoms with E-state index in [1.807, 2.05) is 0 Å². The SMILES string of the molecule is CC12CCC(C1)C(C)(C)C2Nc1cc(F)ccc1Br. The number of fused-ring (bicyclic) bond motifs is 2. The van der Waals surface area contributed by atoms with Gasteiger partial charge in [-0.05, 0) is 70.1 Å². The van der Waals surface area contributed by atoms with E-state index in [9.17, 15) is 4.39 Å². The summed E-state index contributed by atoms with van der Waals surface area (Å²) in [5.74, 6) is 0.610. The van der Waals surface area contributed by atoms with Gasteiger partial charge in [-0.3, -0.25) is 0 Å². The van der Waals surface area contributed by atoms with E-state index in [4.69, 9.17) is 0 Å². The summed E-state index contributed by atoms with van der Waals surface area (Å²) in [6.45, 7) is 7.09. The van der Waals surface area contributed by atoms with E-state index in [2.05, 4.69) is 42.0 Å². The van der Waals surface area contributed by atoms with Crippen LogP contribution in [0.15, 0.2) is 22.7 Å². The molecule has 1 aromatic rings. The lowest BCUT2D eigenvalue weighted by atomic mass is 9.68. The molecule has 0 radical (unpaired) electrons. The highest BCUT2D eigenvalue weighted by Crippen LogP contribution is 2.63. The Morgan fingerprint density at radius 3 is 2.68 bits per heavy atom. The third-order valence-electron chi connectivity index (χ3n) is 5.50. The van der Waals surface area contributed by atoms with Gasteiger partial charge in [0, 0.05) is 10.5 Å². The van der Waals surface area contributed by atoms with Gasteiger partial charge >= 0.3 is 0 Å². The van der Waals surface area contributed by atoms with E-state index in [-0.39, 0.29) is 11.2 Å². The molecular weight excluding hydrogens is 305 g/mol. The average Bonchev–Trinajstić information content (AvgIpc) is 2.80. The second-order valence-corrected chi connectivity index (χ2v) is 7.97. The van der Waals surface area contributed by atoms with Gasteiger partial charge in [0.15, 0.2) is 0 Å². The number of halogens is 2. The van der Waals surface area contributed by atoms with Gasteiger partial charge in [-0.15, -0.1) is 0 Å². The Morgan fingerprint density at radius 2 is 2.05 bits per heavy atom. The number of rotatable bonds is 2. The van der Waals surface area contributed by atoms with Crippen molar-refractivity contribution in [1.82, 2.24) is 0 Å². The van der Waals surface area contributed by atoms with Gasteiger partial charge in [-0.1, -0.05) is 20.8 Å². The molecule has 1 aromatic carbocycles. The first kappa shape index (κ1) is 13.4. The summed E-state index contributed by atoms with van der Waals surface area (Å²) in [5.41, 5.74) is 1.51. The summed E-state index contributed by atoms with van der Waals surface area (Å²) >= 11 is 3.52. The standard InChI is InChI=1S/C16H21BrFN/c1-15(2)10-6-7-16(3,9-10)14(15)19-13-8-11(18)4-5-12(13)17/h4-5,8,10,14,19H,6-7,9H2,1-3H3. The zero-order chi connectivity index (χ0) is 13.8. The van der Waals surface area contributed by atoms with Gasteiger partial charge in [0.1, 0.15) is 5.82 Å². The second-order valence-electron chi connectivity index (χ2n) is 7.12. The van der Waals surface area contributed by atoms with Gasteiger partial charge in [0.05, 0.1) is 5.69 Å². The first-order chi connectivity index (χ1) is 8.83. The van der Waals surface area contributed by atoms with Crippen molar-refractivity contribution in [1.29, 1.82) is 0 Å². The second kappa shape index (κ2) is 4.21. The molecule has 2 aliphatic carbocycles. The van der Waals surface area contributed by atoms with Gasteiger partial charge in [-0.25, -0.2) is 4.39 Å². The van der Waals surface area contributed by atoms with Crippen molar-refractivity contribution in [2.45, 2.75) is 46.1 Å². The molecule has 2 saturated carbocycles. The van der Waals surface area contributed by atoms with E-state index < -0.39 is 0 Å². The van der Waals surface area contributed by atoms with Crippen LogP contribution in [-0.4, -0.2) is 6.04 Å². The van der Waals surface area contributed by atoms with Crippen molar-refractivity contribution in [3.05, 3.63) is 28.5 Å². The highest BCUT2D eigenvalue weighted by atomic mass is 79.9. The molecular formula is C16H21BrFN. The topological polar surface area (TPSA) is 12.0 Å². The number of hydrogen-bond donors (Lipinski definition) is 1. The van der Waals surface area contributed by atoms with Crippen molar-refractivity contribution >= 4 is 21.6 Å². The van der Waals surface area contributed by atoms with Crippen LogP contribution in [0.2, 0.25) is 0 Å². The van der Waals surface area contributed by atoms with Crippen LogP contribution in [0.25, 0.3) is 0 Å². The molecule has 1 N–H and O–H groups in total. The molecule has 19 heavy (non-hydrogen) atoms. The van der Waals surface area contributed by atoms with Gasteiger partial charge in [0.25, 0.3) is 0 Å². The molecule has 0 spiro atoms. The molecule has 3 heteroatoms. The van der Waals surface area contributed by atoms with Crippen molar-refractivity contribution in [3.8, 4) is 0 Å². The van der Waals surface area contributed by atoms with Crippen LogP contribution in [0.4, 0.5) is 10.1 Å². The van der Waals surface area contributed by atoms with Gasteiger partial charge in [-0.2, -0.15) is 0 Å². The molecule has 3 rings (SSSR count). The van der Waals surface area contributed by atoms with Crippen LogP contribution in [-0.2, 0) is 0 Å². The Morgan fingerprint density at radius 1 is 1.32 bits per heavy atom. The Labute approximate surface area is 123 Å². The zero-order valence-electron chi connectivity index (χ0n) is 11.8. The molecule has 0 saturated heterocycles. The quantitative estimate of drug-likeness (QED) is 0.786. The van der Waals surface area contributed by atoms with E-state index in [1.165, 1.54) is 25.3 Å². The average molecular weight is 326 g/mol. The highest BCUT2D eigenvalue weighted by Gasteiger charge is 2.59. The fourth-order valence-electron chi connectivity index (χ4n) is 4.43. The first-order valence-electron chi connectivity index (χ1n) is 7.04. The Bertz CT molecular complexity index is 509. The van der Waals surface area contributed by atoms with E-state index >= 15 is 0 Å². The minimum Gasteiger partial charge on any atom is -0.380 e. The van der Waals surface area contributed by atoms with Crippen molar-refractivity contribution in [2.75, 3.05) is 5.32 Å². The largest absolute Gasteiger partial charge is 0.380 e. The Hall–Kier alpha value is -0.570. The van der Waals surface area contributed by atoms with Crippen LogP contribution in [0.5, 0.6) is 0 Å². The minimum atomic E-state index is -0.184. The van der Waals surface area contributed by atoms with E-state index in [0.29, 0.717) is 11.5 Å². The van der Waals surface area contributed by atoms with E-state index in [0.717, 1.165) is 16.1 Å². The molecule has 0 aliphatic heterocycles. The molecule has 1 nitrogen and oxygen atoms in total. The predicted octanol–water partition coefficient (Wildman–Crippen LogP) is 5.21. The van der Waals surface area contributed by atoms with Crippen molar-refractivity contribution in [3.63, 3.8) is 0 Å². The summed E-state index contributed by atoms with van der Waals surface area (Å²) in [5, 5.41) is 3.63. The normalized spacial score (nSPS) is 35.6. The van der Waals surface area contributed by atoms with Crippen LogP contribution >= 0.6 is 15.9 Å². The maximum absolute atomic E-state index is 13.4. The molecule has 0 heterocycles. The Balaban J connectivity index is 1.92. The van der Waals surface area contributed by atoms with Crippen LogP contribution < -0.4 is 5.32 Å². The van der Waals surface area contributed by atoms with Crippen LogP contribution in [0.1, 0.15) is 40.0 Å². The fourth-order valence-corrected chi connectivity index (χ4v) is 4.79. The monoisotopic (exact) mass is 325 g/mol. The summed E-state index contributed by atoms with van der Waals surface area (Å²) < 4.78 is 14.4. The van der Waals surface area contributed by atoms with Gasteiger partial charge in [0.2, 0.25) is 0 Å².